The van der Waals surface area contributed by atoms with Crippen LogP contribution in [0.2, 0.25) is 0 Å². The molecule has 4 nitrogen and oxygen atoms in total. The van der Waals surface area contributed by atoms with Crippen LogP contribution in [0, 0.1) is 5.92 Å². The molecule has 5 heteroatoms. The molecule has 0 aromatic rings. The molecular formula is C8H15N2NaO2. The topological polar surface area (TPSA) is 69.4 Å². The number of nitrogens with two attached hydrogens (primary N) is 1. The summed E-state index contributed by atoms with van der Waals surface area (Å²) >= 11 is 0. The molecule has 1 saturated heterocycles. The van der Waals surface area contributed by atoms with Gasteiger partial charge in [0.2, 0.25) is 0 Å². The first kappa shape index (κ1) is 13.4. The average molecular weight is 194 g/mol. The van der Waals surface area contributed by atoms with Crippen LogP contribution >= 0.6 is 0 Å². The summed E-state index contributed by atoms with van der Waals surface area (Å²) in [6.45, 7) is 2.47. The number of aliphatic carboxylic acids is 1. The number of carbonyl (C=O) groups excluding carboxylic acids is 1. The van der Waals surface area contributed by atoms with Crippen molar-refractivity contribution in [3.8, 4) is 0 Å². The number of rotatable bonds is 3. The minimum atomic E-state index is -0.985. The van der Waals surface area contributed by atoms with E-state index in [9.17, 15) is 9.90 Å². The van der Waals surface area contributed by atoms with E-state index in [1.54, 1.807) is 0 Å². The number of carboxylic acids is 1. The second-order valence-corrected chi connectivity index (χ2v) is 3.33. The number of hydrogen-bond donors (Lipinski definition) is 1. The zero-order valence-corrected chi connectivity index (χ0v) is 10.2. The third-order valence-corrected chi connectivity index (χ3v) is 2.39. The van der Waals surface area contributed by atoms with Crippen molar-refractivity contribution in [3.05, 3.63) is 0 Å². The molecule has 0 amide bonds. The Bertz CT molecular complexity index is 158. The summed E-state index contributed by atoms with van der Waals surface area (Å²) in [4.78, 5) is 12.1. The van der Waals surface area contributed by atoms with E-state index < -0.39 is 5.97 Å². The summed E-state index contributed by atoms with van der Waals surface area (Å²) in [5, 5.41) is 10.2. The molecule has 1 fully saturated rings. The molecule has 0 radical (unpaired) electrons. The Balaban J connectivity index is 0.00000144. The van der Waals surface area contributed by atoms with E-state index in [0.717, 1.165) is 32.5 Å². The average Bonchev–Trinajstić information content (AvgIpc) is 2.05. The second-order valence-electron chi connectivity index (χ2n) is 3.33. The summed E-state index contributed by atoms with van der Waals surface area (Å²) in [5.74, 6) is -0.399. The third-order valence-electron chi connectivity index (χ3n) is 2.39. The van der Waals surface area contributed by atoms with Crippen molar-refractivity contribution in [3.63, 3.8) is 0 Å². The van der Waals surface area contributed by atoms with E-state index in [2.05, 4.69) is 0 Å². The SMILES string of the molecule is NCC1CCN(CC(=O)[O-])CC1.[Na+]. The van der Waals surface area contributed by atoms with E-state index in [-0.39, 0.29) is 36.1 Å². The normalized spacial score (nSPS) is 19.5. The third kappa shape index (κ3) is 4.98. The Morgan fingerprint density at radius 2 is 2.00 bits per heavy atom. The maximum atomic E-state index is 10.2. The summed E-state index contributed by atoms with van der Waals surface area (Å²) in [7, 11) is 0. The van der Waals surface area contributed by atoms with Crippen LogP contribution in [0.5, 0.6) is 0 Å². The van der Waals surface area contributed by atoms with Crippen molar-refractivity contribution in [2.24, 2.45) is 11.7 Å². The largest absolute Gasteiger partial charge is 1.00 e. The van der Waals surface area contributed by atoms with Gasteiger partial charge in [0.15, 0.2) is 0 Å². The fraction of sp³-hybridized carbons (Fsp3) is 0.875. The van der Waals surface area contributed by atoms with Crippen molar-refractivity contribution in [1.82, 2.24) is 4.90 Å². The summed E-state index contributed by atoms with van der Waals surface area (Å²) in [6.07, 6.45) is 2.04. The quantitative estimate of drug-likeness (QED) is 0.459. The van der Waals surface area contributed by atoms with Gasteiger partial charge in [-0.15, -0.1) is 0 Å². The zero-order chi connectivity index (χ0) is 8.97. The second kappa shape index (κ2) is 6.79. The molecule has 0 bridgehead atoms. The minimum Gasteiger partial charge on any atom is -0.549 e. The van der Waals surface area contributed by atoms with E-state index >= 15 is 0 Å². The van der Waals surface area contributed by atoms with E-state index in [0.29, 0.717) is 5.92 Å². The molecule has 1 aliphatic heterocycles. The predicted molar refractivity (Wildman–Crippen MR) is 43.2 cm³/mol. The molecule has 2 N–H and O–H groups in total. The summed E-state index contributed by atoms with van der Waals surface area (Å²) in [5.41, 5.74) is 5.50. The molecule has 0 spiro atoms. The van der Waals surface area contributed by atoms with Crippen molar-refractivity contribution >= 4 is 5.97 Å². The molecule has 1 heterocycles. The van der Waals surface area contributed by atoms with E-state index in [4.69, 9.17) is 5.73 Å². The van der Waals surface area contributed by atoms with Gasteiger partial charge in [0.05, 0.1) is 5.97 Å². The van der Waals surface area contributed by atoms with Gasteiger partial charge in [-0.2, -0.15) is 0 Å². The van der Waals surface area contributed by atoms with Gasteiger partial charge in [-0.1, -0.05) is 0 Å². The van der Waals surface area contributed by atoms with E-state index in [1.165, 1.54) is 0 Å². The molecule has 0 aromatic carbocycles. The molecule has 1 aliphatic rings. The zero-order valence-electron chi connectivity index (χ0n) is 8.16. The van der Waals surface area contributed by atoms with Gasteiger partial charge < -0.3 is 15.6 Å². The number of likely N-dealkylation sites (tertiary alicyclic amines) is 1. The Morgan fingerprint density at radius 1 is 1.46 bits per heavy atom. The predicted octanol–water partition coefficient (Wildman–Crippen LogP) is -4.59. The maximum Gasteiger partial charge on any atom is 1.00 e. The van der Waals surface area contributed by atoms with Crippen LogP contribution < -0.4 is 40.4 Å². The first-order valence-electron chi connectivity index (χ1n) is 4.34. The molecule has 0 aromatic heterocycles. The first-order chi connectivity index (χ1) is 5.72. The van der Waals surface area contributed by atoms with Crippen molar-refractivity contribution in [2.45, 2.75) is 12.8 Å². The molecule has 0 saturated carbocycles. The van der Waals surface area contributed by atoms with Crippen LogP contribution in [-0.4, -0.2) is 37.0 Å². The van der Waals surface area contributed by atoms with Gasteiger partial charge in [-0.25, -0.2) is 0 Å². The van der Waals surface area contributed by atoms with Gasteiger partial charge in [0.1, 0.15) is 0 Å². The van der Waals surface area contributed by atoms with Crippen LogP contribution in [0.25, 0.3) is 0 Å². The Morgan fingerprint density at radius 3 is 2.38 bits per heavy atom. The number of piperidine rings is 1. The summed E-state index contributed by atoms with van der Waals surface area (Å²) in [6, 6.07) is 0. The first-order valence-corrected chi connectivity index (χ1v) is 4.34. The van der Waals surface area contributed by atoms with Crippen molar-refractivity contribution in [1.29, 1.82) is 0 Å². The standard InChI is InChI=1S/C8H16N2O2.Na/c9-5-7-1-3-10(4-2-7)6-8(11)12;/h7H,1-6,9H2,(H,11,12);/q;+1/p-1. The van der Waals surface area contributed by atoms with Gasteiger partial charge in [0, 0.05) is 6.54 Å². The number of carboxylic acid groups (broad SMARTS) is 1. The maximum absolute atomic E-state index is 10.2. The fourth-order valence-corrected chi connectivity index (χ4v) is 1.56. The fourth-order valence-electron chi connectivity index (χ4n) is 1.56. The van der Waals surface area contributed by atoms with Gasteiger partial charge in [0.25, 0.3) is 0 Å². The van der Waals surface area contributed by atoms with Gasteiger partial charge in [-0.3, -0.25) is 4.90 Å². The molecule has 13 heavy (non-hydrogen) atoms. The molecule has 0 unspecified atom stereocenters. The van der Waals surface area contributed by atoms with Gasteiger partial charge in [-0.05, 0) is 38.4 Å². The minimum absolute atomic E-state index is 0. The van der Waals surface area contributed by atoms with Crippen LogP contribution in [0.4, 0.5) is 0 Å². The Labute approximate surface area is 101 Å². The van der Waals surface area contributed by atoms with Crippen LogP contribution in [0.15, 0.2) is 0 Å². The van der Waals surface area contributed by atoms with Crippen molar-refractivity contribution in [2.75, 3.05) is 26.2 Å². The van der Waals surface area contributed by atoms with Crippen molar-refractivity contribution < 1.29 is 39.5 Å². The molecule has 1 rings (SSSR count). The van der Waals surface area contributed by atoms with Crippen LogP contribution in [0.3, 0.4) is 0 Å². The molecule has 70 valence electrons. The Hall–Kier alpha value is 0.390. The number of hydrogen-bond acceptors (Lipinski definition) is 4. The number of nitrogens with zero attached hydrogens (tertiary/aromatic N) is 1. The Kier molecular flexibility index (Phi) is 6.99. The van der Waals surface area contributed by atoms with Crippen LogP contribution in [0.1, 0.15) is 12.8 Å². The van der Waals surface area contributed by atoms with Crippen LogP contribution in [-0.2, 0) is 4.79 Å². The monoisotopic (exact) mass is 194 g/mol. The molecular weight excluding hydrogens is 179 g/mol. The van der Waals surface area contributed by atoms with E-state index in [1.807, 2.05) is 4.90 Å². The van der Waals surface area contributed by atoms with Gasteiger partial charge >= 0.3 is 29.6 Å². The number of carbonyl (C=O) groups is 1. The molecule has 0 aliphatic carbocycles. The smallest absolute Gasteiger partial charge is 0.549 e. The molecule has 0 atom stereocenters. The summed E-state index contributed by atoms with van der Waals surface area (Å²) < 4.78 is 0.